The molecule has 0 bridgehead atoms. The zero-order valence-electron chi connectivity index (χ0n) is 11.1. The predicted molar refractivity (Wildman–Crippen MR) is 72.4 cm³/mol. The van der Waals surface area contributed by atoms with Crippen molar-refractivity contribution >= 4 is 17.7 Å². The number of carbonyl (C=O) groups is 1. The van der Waals surface area contributed by atoms with E-state index in [1.165, 1.54) is 23.1 Å². The fourth-order valence-corrected chi connectivity index (χ4v) is 2.72. The Labute approximate surface area is 108 Å². The molecule has 1 aromatic carbocycles. The lowest BCUT2D eigenvalue weighted by Gasteiger charge is -2.18. The van der Waals surface area contributed by atoms with Gasteiger partial charge in [0.05, 0.1) is 13.0 Å². The summed E-state index contributed by atoms with van der Waals surface area (Å²) >= 11 is 1.73. The number of carbonyl (C=O) groups excluding carboxylic acids is 1. The van der Waals surface area contributed by atoms with E-state index in [-0.39, 0.29) is 17.1 Å². The first-order valence-corrected chi connectivity index (χ1v) is 6.65. The van der Waals surface area contributed by atoms with Gasteiger partial charge in [-0.25, -0.2) is 0 Å². The first-order chi connectivity index (χ1) is 7.95. The van der Waals surface area contributed by atoms with Crippen molar-refractivity contribution in [1.82, 2.24) is 0 Å². The second kappa shape index (κ2) is 6.10. The van der Waals surface area contributed by atoms with Gasteiger partial charge in [-0.1, -0.05) is 31.5 Å². The zero-order chi connectivity index (χ0) is 13.0. The third kappa shape index (κ3) is 3.77. The number of ether oxygens (including phenoxy) is 1. The molecule has 0 N–H and O–H groups in total. The maximum atomic E-state index is 11.4. The molecule has 0 amide bonds. The average molecular weight is 252 g/mol. The third-order valence-electron chi connectivity index (χ3n) is 2.92. The highest BCUT2D eigenvalue weighted by Crippen LogP contribution is 2.31. The van der Waals surface area contributed by atoms with Crippen molar-refractivity contribution in [2.24, 2.45) is 5.92 Å². The van der Waals surface area contributed by atoms with E-state index in [1.54, 1.807) is 11.8 Å². The van der Waals surface area contributed by atoms with Gasteiger partial charge >= 0.3 is 5.97 Å². The van der Waals surface area contributed by atoms with Crippen LogP contribution in [0.4, 0.5) is 0 Å². The molecule has 0 fully saturated rings. The van der Waals surface area contributed by atoms with E-state index in [4.69, 9.17) is 4.74 Å². The zero-order valence-corrected chi connectivity index (χ0v) is 11.9. The molecule has 0 saturated heterocycles. The molecule has 2 nitrogen and oxygen atoms in total. The van der Waals surface area contributed by atoms with Crippen molar-refractivity contribution in [1.29, 1.82) is 0 Å². The summed E-state index contributed by atoms with van der Waals surface area (Å²) in [5.74, 6) is -0.236. The number of esters is 1. The highest BCUT2D eigenvalue weighted by molar-refractivity contribution is 8.00. The topological polar surface area (TPSA) is 26.3 Å². The van der Waals surface area contributed by atoms with E-state index in [2.05, 4.69) is 39.0 Å². The standard InChI is InChI=1S/C14H20O2S/c1-9-6-7-13(10(2)8-9)17-12(4)11(3)14(15)16-5/h6-8,11-12H,1-5H3. The van der Waals surface area contributed by atoms with Crippen LogP contribution in [0.15, 0.2) is 23.1 Å². The third-order valence-corrected chi connectivity index (χ3v) is 4.41. The molecule has 0 heterocycles. The van der Waals surface area contributed by atoms with Gasteiger partial charge in [-0.05, 0) is 25.5 Å². The summed E-state index contributed by atoms with van der Waals surface area (Å²) in [5, 5.41) is 0.212. The van der Waals surface area contributed by atoms with E-state index >= 15 is 0 Å². The average Bonchev–Trinajstić information content (AvgIpc) is 2.30. The van der Waals surface area contributed by atoms with Crippen LogP contribution in [0, 0.1) is 19.8 Å². The molecule has 0 aromatic heterocycles. The summed E-state index contributed by atoms with van der Waals surface area (Å²) < 4.78 is 4.77. The highest BCUT2D eigenvalue weighted by Gasteiger charge is 2.22. The Morgan fingerprint density at radius 2 is 1.94 bits per heavy atom. The first-order valence-electron chi connectivity index (χ1n) is 5.77. The molecular formula is C14H20O2S. The molecule has 2 atom stereocenters. The molecule has 0 radical (unpaired) electrons. The Kier molecular flexibility index (Phi) is 5.06. The maximum absolute atomic E-state index is 11.4. The smallest absolute Gasteiger partial charge is 0.309 e. The van der Waals surface area contributed by atoms with Gasteiger partial charge in [0, 0.05) is 10.1 Å². The van der Waals surface area contributed by atoms with Gasteiger partial charge in [0.1, 0.15) is 0 Å². The van der Waals surface area contributed by atoms with Crippen molar-refractivity contribution < 1.29 is 9.53 Å². The maximum Gasteiger partial charge on any atom is 0.309 e. The highest BCUT2D eigenvalue weighted by atomic mass is 32.2. The molecule has 1 rings (SSSR count). The van der Waals surface area contributed by atoms with Crippen LogP contribution >= 0.6 is 11.8 Å². The number of hydrogen-bond donors (Lipinski definition) is 0. The lowest BCUT2D eigenvalue weighted by atomic mass is 10.1. The van der Waals surface area contributed by atoms with Gasteiger partial charge < -0.3 is 4.74 Å². The van der Waals surface area contributed by atoms with E-state index in [1.807, 2.05) is 6.92 Å². The fourth-order valence-electron chi connectivity index (χ4n) is 1.61. The predicted octanol–water partition coefficient (Wildman–Crippen LogP) is 3.59. The van der Waals surface area contributed by atoms with Crippen LogP contribution in [0.3, 0.4) is 0 Å². The van der Waals surface area contributed by atoms with Crippen molar-refractivity contribution in [3.63, 3.8) is 0 Å². The Hall–Kier alpha value is -0.960. The Balaban J connectivity index is 2.74. The van der Waals surface area contributed by atoms with Crippen LogP contribution in [0.25, 0.3) is 0 Å². The van der Waals surface area contributed by atoms with Crippen LogP contribution in [-0.2, 0) is 9.53 Å². The minimum atomic E-state index is -0.144. The molecular weight excluding hydrogens is 232 g/mol. The molecule has 17 heavy (non-hydrogen) atoms. The Morgan fingerprint density at radius 3 is 2.47 bits per heavy atom. The van der Waals surface area contributed by atoms with Crippen molar-refractivity contribution in [2.75, 3.05) is 7.11 Å². The minimum Gasteiger partial charge on any atom is -0.469 e. The molecule has 2 unspecified atom stereocenters. The van der Waals surface area contributed by atoms with Gasteiger partial charge in [0.2, 0.25) is 0 Å². The molecule has 0 aliphatic heterocycles. The number of rotatable bonds is 4. The van der Waals surface area contributed by atoms with Crippen molar-refractivity contribution in [2.45, 2.75) is 37.8 Å². The van der Waals surface area contributed by atoms with E-state index < -0.39 is 0 Å². The molecule has 3 heteroatoms. The van der Waals surface area contributed by atoms with Crippen LogP contribution < -0.4 is 0 Å². The van der Waals surface area contributed by atoms with Gasteiger partial charge in [-0.2, -0.15) is 0 Å². The normalized spacial score (nSPS) is 14.2. The summed E-state index contributed by atoms with van der Waals surface area (Å²) in [6.07, 6.45) is 0. The number of methoxy groups -OCH3 is 1. The summed E-state index contributed by atoms with van der Waals surface area (Å²) in [5.41, 5.74) is 2.53. The van der Waals surface area contributed by atoms with Crippen LogP contribution in [-0.4, -0.2) is 18.3 Å². The first kappa shape index (κ1) is 14.1. The lowest BCUT2D eigenvalue weighted by Crippen LogP contribution is -2.21. The van der Waals surface area contributed by atoms with Gasteiger partial charge in [0.15, 0.2) is 0 Å². The second-order valence-electron chi connectivity index (χ2n) is 4.40. The molecule has 0 aliphatic rings. The molecule has 94 valence electrons. The van der Waals surface area contributed by atoms with Gasteiger partial charge in [0.25, 0.3) is 0 Å². The Morgan fingerprint density at radius 1 is 1.29 bits per heavy atom. The summed E-state index contributed by atoms with van der Waals surface area (Å²) in [7, 11) is 1.44. The van der Waals surface area contributed by atoms with Crippen molar-refractivity contribution in [3.8, 4) is 0 Å². The van der Waals surface area contributed by atoms with Gasteiger partial charge in [-0.15, -0.1) is 11.8 Å². The van der Waals surface area contributed by atoms with Crippen LogP contribution in [0.1, 0.15) is 25.0 Å². The minimum absolute atomic E-state index is 0.0919. The number of hydrogen-bond acceptors (Lipinski definition) is 3. The quantitative estimate of drug-likeness (QED) is 0.605. The SMILES string of the molecule is COC(=O)C(C)C(C)Sc1ccc(C)cc1C. The van der Waals surface area contributed by atoms with E-state index in [0.717, 1.165) is 0 Å². The summed E-state index contributed by atoms with van der Waals surface area (Å²) in [6, 6.07) is 6.39. The largest absolute Gasteiger partial charge is 0.469 e. The monoisotopic (exact) mass is 252 g/mol. The molecule has 1 aromatic rings. The van der Waals surface area contributed by atoms with E-state index in [9.17, 15) is 4.79 Å². The molecule has 0 spiro atoms. The van der Waals surface area contributed by atoms with Gasteiger partial charge in [-0.3, -0.25) is 4.79 Å². The fraction of sp³-hybridized carbons (Fsp3) is 0.500. The summed E-state index contributed by atoms with van der Waals surface area (Å²) in [6.45, 7) is 8.16. The number of benzene rings is 1. The van der Waals surface area contributed by atoms with Crippen LogP contribution in [0.5, 0.6) is 0 Å². The molecule has 0 saturated carbocycles. The number of thioether (sulfide) groups is 1. The second-order valence-corrected chi connectivity index (χ2v) is 5.82. The van der Waals surface area contributed by atoms with Crippen LogP contribution in [0.2, 0.25) is 0 Å². The summed E-state index contributed by atoms with van der Waals surface area (Å²) in [4.78, 5) is 12.7. The Bertz CT molecular complexity index is 401. The molecule has 0 aliphatic carbocycles. The van der Waals surface area contributed by atoms with Crippen molar-refractivity contribution in [3.05, 3.63) is 29.3 Å². The lowest BCUT2D eigenvalue weighted by molar-refractivity contribution is -0.144. The van der Waals surface area contributed by atoms with E-state index in [0.29, 0.717) is 0 Å². The number of aryl methyl sites for hydroxylation is 2.